The predicted octanol–water partition coefficient (Wildman–Crippen LogP) is 5.44. The Morgan fingerprint density at radius 3 is 2.33 bits per heavy atom. The Balaban J connectivity index is 1.99. The lowest BCUT2D eigenvalue weighted by Crippen LogP contribution is -2.38. The summed E-state index contributed by atoms with van der Waals surface area (Å²) in [4.78, 5) is 12.9. The van der Waals surface area contributed by atoms with Crippen molar-refractivity contribution in [1.29, 1.82) is 0 Å². The summed E-state index contributed by atoms with van der Waals surface area (Å²) in [7, 11) is -3.99. The number of carbonyl (C=O) groups is 1. The number of hydrogen-bond acceptors (Lipinski definition) is 3. The number of anilines is 2. The maximum atomic E-state index is 13.4. The smallest absolute Gasteiger partial charge is 0.264 e. The average Bonchev–Trinajstić information content (AvgIpc) is 2.71. The molecule has 0 spiro atoms. The molecule has 0 aliphatic heterocycles. The second-order valence-electron chi connectivity index (χ2n) is 6.72. The quantitative estimate of drug-likeness (QED) is 0.529. The Kier molecular flexibility index (Phi) is 6.71. The largest absolute Gasteiger partial charge is 0.324 e. The van der Waals surface area contributed by atoms with Crippen LogP contribution >= 0.6 is 23.2 Å². The first kappa shape index (κ1) is 22.2. The van der Waals surface area contributed by atoms with Gasteiger partial charge in [0.25, 0.3) is 10.0 Å². The van der Waals surface area contributed by atoms with Crippen molar-refractivity contribution < 1.29 is 13.2 Å². The monoisotopic (exact) mass is 462 g/mol. The first-order valence-electron chi connectivity index (χ1n) is 9.09. The van der Waals surface area contributed by atoms with Crippen molar-refractivity contribution in [3.63, 3.8) is 0 Å². The number of halogens is 2. The number of sulfonamides is 1. The molecule has 5 nitrogen and oxygen atoms in total. The van der Waals surface area contributed by atoms with Crippen molar-refractivity contribution in [2.24, 2.45) is 0 Å². The van der Waals surface area contributed by atoms with Crippen molar-refractivity contribution in [3.8, 4) is 0 Å². The molecule has 3 aromatic rings. The van der Waals surface area contributed by atoms with Crippen LogP contribution in [0.1, 0.15) is 11.1 Å². The first-order valence-corrected chi connectivity index (χ1v) is 11.3. The van der Waals surface area contributed by atoms with E-state index in [1.165, 1.54) is 12.1 Å². The van der Waals surface area contributed by atoms with E-state index in [2.05, 4.69) is 5.32 Å². The maximum Gasteiger partial charge on any atom is 0.264 e. The minimum atomic E-state index is -3.99. The molecule has 8 heteroatoms. The molecule has 156 valence electrons. The zero-order valence-electron chi connectivity index (χ0n) is 16.4. The highest BCUT2D eigenvalue weighted by Crippen LogP contribution is 2.29. The highest BCUT2D eigenvalue weighted by Gasteiger charge is 2.28. The summed E-state index contributed by atoms with van der Waals surface area (Å²) >= 11 is 12.2. The van der Waals surface area contributed by atoms with Gasteiger partial charge in [-0.05, 0) is 67.4 Å². The number of amides is 1. The first-order chi connectivity index (χ1) is 14.2. The number of rotatable bonds is 6. The van der Waals surface area contributed by atoms with Crippen molar-refractivity contribution in [3.05, 3.63) is 87.9 Å². The molecule has 0 fully saturated rings. The van der Waals surface area contributed by atoms with Crippen LogP contribution in [-0.4, -0.2) is 20.9 Å². The molecule has 3 rings (SSSR count). The van der Waals surface area contributed by atoms with E-state index in [-0.39, 0.29) is 4.90 Å². The van der Waals surface area contributed by atoms with Gasteiger partial charge in [-0.1, -0.05) is 47.5 Å². The minimum Gasteiger partial charge on any atom is -0.324 e. The van der Waals surface area contributed by atoms with Crippen LogP contribution < -0.4 is 9.62 Å². The molecule has 3 aromatic carbocycles. The molecule has 0 radical (unpaired) electrons. The highest BCUT2D eigenvalue weighted by atomic mass is 35.5. The van der Waals surface area contributed by atoms with Crippen molar-refractivity contribution in [2.45, 2.75) is 18.7 Å². The summed E-state index contributed by atoms with van der Waals surface area (Å²) in [6, 6.07) is 18.0. The third-order valence-corrected chi connectivity index (χ3v) is 7.01. The number of nitrogens with zero attached hydrogens (tertiary/aromatic N) is 1. The third kappa shape index (κ3) is 4.78. The molecule has 0 aromatic heterocycles. The van der Waals surface area contributed by atoms with Crippen LogP contribution in [-0.2, 0) is 14.8 Å². The summed E-state index contributed by atoms with van der Waals surface area (Å²) in [5.74, 6) is -0.491. The van der Waals surface area contributed by atoms with Crippen LogP contribution in [0, 0.1) is 13.8 Å². The normalized spacial score (nSPS) is 11.2. The van der Waals surface area contributed by atoms with Gasteiger partial charge in [0, 0.05) is 15.7 Å². The van der Waals surface area contributed by atoms with Gasteiger partial charge < -0.3 is 5.32 Å². The van der Waals surface area contributed by atoms with Gasteiger partial charge in [0.2, 0.25) is 5.91 Å². The van der Waals surface area contributed by atoms with E-state index in [0.29, 0.717) is 32.5 Å². The number of hydrogen-bond donors (Lipinski definition) is 1. The maximum absolute atomic E-state index is 13.4. The second-order valence-corrected chi connectivity index (χ2v) is 9.42. The van der Waals surface area contributed by atoms with E-state index in [4.69, 9.17) is 23.2 Å². The third-order valence-electron chi connectivity index (χ3n) is 4.59. The van der Waals surface area contributed by atoms with Crippen molar-refractivity contribution in [1.82, 2.24) is 0 Å². The van der Waals surface area contributed by atoms with Gasteiger partial charge in [0.15, 0.2) is 0 Å². The van der Waals surface area contributed by atoms with Gasteiger partial charge in [-0.15, -0.1) is 0 Å². The highest BCUT2D eigenvalue weighted by molar-refractivity contribution is 7.92. The zero-order valence-corrected chi connectivity index (χ0v) is 18.7. The standard InChI is InChI=1S/C22H20Cl2N2O3S/c1-15-13-17(23)11-12-21(15)26(30(28,29)18-7-4-3-5-8-18)14-22(27)25-20-10-6-9-19(24)16(20)2/h3-13H,14H2,1-2H3,(H,25,27). The SMILES string of the molecule is Cc1cc(Cl)ccc1N(CC(=O)Nc1cccc(Cl)c1C)S(=O)(=O)c1ccccc1. The Morgan fingerprint density at radius 2 is 1.67 bits per heavy atom. The van der Waals surface area contributed by atoms with Gasteiger partial charge in [0.1, 0.15) is 6.54 Å². The van der Waals surface area contributed by atoms with Gasteiger partial charge in [-0.25, -0.2) is 8.42 Å². The molecule has 0 aliphatic rings. The molecule has 0 unspecified atom stereocenters. The van der Waals surface area contributed by atoms with E-state index >= 15 is 0 Å². The van der Waals surface area contributed by atoms with E-state index in [1.807, 2.05) is 0 Å². The average molecular weight is 463 g/mol. The van der Waals surface area contributed by atoms with E-state index in [0.717, 1.165) is 4.31 Å². The molecule has 0 saturated heterocycles. The molecule has 0 atom stereocenters. The fourth-order valence-electron chi connectivity index (χ4n) is 2.98. The molecule has 0 saturated carbocycles. The Labute approximate surface area is 186 Å². The van der Waals surface area contributed by atoms with Crippen molar-refractivity contribution in [2.75, 3.05) is 16.2 Å². The lowest BCUT2D eigenvalue weighted by molar-refractivity contribution is -0.114. The summed E-state index contributed by atoms with van der Waals surface area (Å²) in [5.41, 5.74) is 2.24. The molecule has 1 amide bonds. The van der Waals surface area contributed by atoms with E-state index in [9.17, 15) is 13.2 Å². The van der Waals surface area contributed by atoms with Crippen LogP contribution in [0.25, 0.3) is 0 Å². The van der Waals surface area contributed by atoms with Crippen molar-refractivity contribution >= 4 is 50.5 Å². The second kappa shape index (κ2) is 9.08. The van der Waals surface area contributed by atoms with Crippen LogP contribution in [0.4, 0.5) is 11.4 Å². The van der Waals surface area contributed by atoms with Crippen LogP contribution in [0.3, 0.4) is 0 Å². The molecule has 0 aliphatic carbocycles. The Morgan fingerprint density at radius 1 is 0.967 bits per heavy atom. The topological polar surface area (TPSA) is 66.5 Å². The molecular weight excluding hydrogens is 443 g/mol. The lowest BCUT2D eigenvalue weighted by atomic mass is 10.2. The summed E-state index contributed by atoms with van der Waals surface area (Å²) < 4.78 is 27.8. The zero-order chi connectivity index (χ0) is 21.9. The molecule has 30 heavy (non-hydrogen) atoms. The minimum absolute atomic E-state index is 0.0890. The number of aryl methyl sites for hydroxylation is 1. The molecule has 0 bridgehead atoms. The van der Waals surface area contributed by atoms with Crippen LogP contribution in [0.2, 0.25) is 10.0 Å². The van der Waals surface area contributed by atoms with E-state index < -0.39 is 22.5 Å². The Hall–Kier alpha value is -2.54. The van der Waals surface area contributed by atoms with E-state index in [1.54, 1.807) is 68.4 Å². The van der Waals surface area contributed by atoms with Gasteiger partial charge >= 0.3 is 0 Å². The predicted molar refractivity (Wildman–Crippen MR) is 122 cm³/mol. The van der Waals surface area contributed by atoms with Crippen LogP contribution in [0.5, 0.6) is 0 Å². The number of nitrogens with one attached hydrogen (secondary N) is 1. The lowest BCUT2D eigenvalue weighted by Gasteiger charge is -2.26. The van der Waals surface area contributed by atoms with Gasteiger partial charge in [-0.3, -0.25) is 9.10 Å². The van der Waals surface area contributed by atoms with Gasteiger partial charge in [-0.2, -0.15) is 0 Å². The molecular formula is C22H20Cl2N2O3S. The fourth-order valence-corrected chi connectivity index (χ4v) is 4.89. The van der Waals surface area contributed by atoms with Crippen LogP contribution in [0.15, 0.2) is 71.6 Å². The number of carbonyl (C=O) groups excluding carboxylic acids is 1. The molecule has 0 heterocycles. The number of benzene rings is 3. The summed E-state index contributed by atoms with van der Waals surface area (Å²) in [6.45, 7) is 3.11. The molecule has 1 N–H and O–H groups in total. The summed E-state index contributed by atoms with van der Waals surface area (Å²) in [5, 5.41) is 3.74. The Bertz CT molecular complexity index is 1180. The summed E-state index contributed by atoms with van der Waals surface area (Å²) in [6.07, 6.45) is 0. The van der Waals surface area contributed by atoms with Gasteiger partial charge in [0.05, 0.1) is 10.6 Å². The fraction of sp³-hybridized carbons (Fsp3) is 0.136.